The molecule has 0 saturated carbocycles. The third kappa shape index (κ3) is 12.5. The molecule has 4 heterocycles. The Balaban J connectivity index is 0.000000152. The summed E-state index contributed by atoms with van der Waals surface area (Å²) in [7, 11) is 0. The standard InChI is InChI=1S/C55H37N3.C43H29N3/c1-2-11-36(12-3-1)37-21-25-39(26-22-37)53-33-54(43-15-10-14-42(31-43)52-35-56-34-44-13-4-5-16-45(44)52)58-55(57-53)40-27-23-38(24-28-40)41-29-30-50-48-19-7-6-17-46(48)47-18-8-9-20-49(47)51(50)32-41;1-2-9-30(10-3-1)31-18-20-34(21-19-31)41-29-45-43(46-42(41)37-14-6-13-36(27-37)38-15-8-26-44-28-38)35-24-22-33(23-25-35)40-17-7-12-32-11-4-5-16-39(32)40/h1-35,47,49H;1-29H. The van der Waals surface area contributed by atoms with E-state index < -0.39 is 0 Å². The van der Waals surface area contributed by atoms with Gasteiger partial charge in [-0.05, 0) is 130 Å². The number of hydrogen-bond donors (Lipinski definition) is 0. The average molecular weight is 1330 g/mol. The van der Waals surface area contributed by atoms with Crippen molar-refractivity contribution in [3.05, 3.63) is 400 Å². The minimum Gasteiger partial charge on any atom is -0.264 e. The lowest BCUT2D eigenvalue weighted by Crippen LogP contribution is -2.16. The van der Waals surface area contributed by atoms with E-state index >= 15 is 0 Å². The van der Waals surface area contributed by atoms with E-state index in [2.05, 4.69) is 350 Å². The van der Waals surface area contributed by atoms with Crippen molar-refractivity contribution < 1.29 is 0 Å². The Morgan fingerprint density at radius 2 is 0.692 bits per heavy atom. The lowest BCUT2D eigenvalue weighted by Gasteiger charge is -2.34. The van der Waals surface area contributed by atoms with Gasteiger partial charge in [0, 0.05) is 92.7 Å². The predicted molar refractivity (Wildman–Crippen MR) is 429 cm³/mol. The Kier molecular flexibility index (Phi) is 16.7. The van der Waals surface area contributed by atoms with Crippen LogP contribution in [-0.2, 0) is 0 Å². The summed E-state index contributed by atoms with van der Waals surface area (Å²) in [6.45, 7) is 0. The maximum atomic E-state index is 5.25. The molecule has 0 N–H and O–H groups in total. The highest BCUT2D eigenvalue weighted by Gasteiger charge is 2.32. The molecule has 0 amide bonds. The summed E-state index contributed by atoms with van der Waals surface area (Å²) < 4.78 is 0. The lowest BCUT2D eigenvalue weighted by molar-refractivity contribution is 0.720. The minimum atomic E-state index is 0.320. The molecular formula is C98H66N6. The molecule has 2 atom stereocenters. The molecule has 488 valence electrons. The number of hydrogen-bond acceptors (Lipinski definition) is 6. The highest BCUT2D eigenvalue weighted by Crippen LogP contribution is 2.50. The van der Waals surface area contributed by atoms with Gasteiger partial charge in [0.1, 0.15) is 0 Å². The molecule has 0 bridgehead atoms. The van der Waals surface area contributed by atoms with Gasteiger partial charge in [-0.25, -0.2) is 19.9 Å². The number of pyridine rings is 2. The number of nitrogens with zero attached hydrogens (tertiary/aromatic N) is 6. The zero-order valence-electron chi connectivity index (χ0n) is 56.8. The van der Waals surface area contributed by atoms with Crippen LogP contribution in [0.2, 0.25) is 0 Å². The smallest absolute Gasteiger partial charge is 0.160 e. The normalized spacial score (nSPS) is 13.3. The molecule has 0 spiro atoms. The number of benzene rings is 13. The lowest BCUT2D eigenvalue weighted by atomic mass is 9.69. The fraction of sp³-hybridized carbons (Fsp3) is 0.0204. The van der Waals surface area contributed by atoms with Crippen LogP contribution in [0.4, 0.5) is 0 Å². The van der Waals surface area contributed by atoms with Crippen LogP contribution in [0.5, 0.6) is 0 Å². The van der Waals surface area contributed by atoms with Crippen molar-refractivity contribution >= 4 is 21.5 Å². The summed E-state index contributed by atoms with van der Waals surface area (Å²) in [5.41, 5.74) is 29.0. The monoisotopic (exact) mass is 1330 g/mol. The van der Waals surface area contributed by atoms with Crippen LogP contribution in [-0.4, -0.2) is 29.9 Å². The van der Waals surface area contributed by atoms with Crippen molar-refractivity contribution in [2.24, 2.45) is 0 Å². The van der Waals surface area contributed by atoms with Gasteiger partial charge in [-0.1, -0.05) is 328 Å². The van der Waals surface area contributed by atoms with Gasteiger partial charge >= 0.3 is 0 Å². The van der Waals surface area contributed by atoms with Crippen molar-refractivity contribution in [2.45, 2.75) is 11.8 Å². The van der Waals surface area contributed by atoms with Crippen LogP contribution in [0.3, 0.4) is 0 Å². The molecule has 0 radical (unpaired) electrons. The topological polar surface area (TPSA) is 77.3 Å². The van der Waals surface area contributed by atoms with Gasteiger partial charge in [-0.15, -0.1) is 0 Å². The van der Waals surface area contributed by atoms with Gasteiger partial charge in [0.2, 0.25) is 0 Å². The maximum absolute atomic E-state index is 5.25. The Bertz CT molecular complexity index is 6060. The molecule has 17 aromatic rings. The third-order valence-corrected chi connectivity index (χ3v) is 20.2. The number of rotatable bonds is 12. The van der Waals surface area contributed by atoms with Crippen LogP contribution in [0.1, 0.15) is 23.0 Å². The van der Waals surface area contributed by atoms with Crippen LogP contribution < -0.4 is 0 Å². The first-order valence-electron chi connectivity index (χ1n) is 35.3. The number of allylic oxidation sites excluding steroid dienone is 4. The molecule has 2 aliphatic carbocycles. The van der Waals surface area contributed by atoms with E-state index in [1.54, 1.807) is 6.20 Å². The summed E-state index contributed by atoms with van der Waals surface area (Å²) in [4.78, 5) is 29.5. The second-order valence-electron chi connectivity index (χ2n) is 26.5. The van der Waals surface area contributed by atoms with Crippen LogP contribution in [0.25, 0.3) is 167 Å². The van der Waals surface area contributed by atoms with Crippen molar-refractivity contribution in [3.8, 4) is 146 Å². The second kappa shape index (κ2) is 27.8. The molecule has 0 fully saturated rings. The third-order valence-electron chi connectivity index (χ3n) is 20.2. The summed E-state index contributed by atoms with van der Waals surface area (Å²) in [5, 5.41) is 4.77. The molecule has 0 aliphatic heterocycles. The first-order chi connectivity index (χ1) is 51.5. The fourth-order valence-electron chi connectivity index (χ4n) is 14.9. The predicted octanol–water partition coefficient (Wildman–Crippen LogP) is 25.0. The van der Waals surface area contributed by atoms with Crippen molar-refractivity contribution in [1.29, 1.82) is 0 Å². The van der Waals surface area contributed by atoms with E-state index in [9.17, 15) is 0 Å². The van der Waals surface area contributed by atoms with Crippen LogP contribution >= 0.6 is 0 Å². The fourth-order valence-corrected chi connectivity index (χ4v) is 14.9. The minimum absolute atomic E-state index is 0.320. The summed E-state index contributed by atoms with van der Waals surface area (Å²) in [6.07, 6.45) is 18.6. The molecule has 104 heavy (non-hydrogen) atoms. The molecule has 0 saturated heterocycles. The molecule has 6 nitrogen and oxygen atoms in total. The van der Waals surface area contributed by atoms with E-state index in [4.69, 9.17) is 19.9 Å². The van der Waals surface area contributed by atoms with Gasteiger partial charge in [0.25, 0.3) is 0 Å². The molecule has 19 rings (SSSR count). The van der Waals surface area contributed by atoms with E-state index in [0.29, 0.717) is 23.5 Å². The Morgan fingerprint density at radius 1 is 0.221 bits per heavy atom. The van der Waals surface area contributed by atoms with Gasteiger partial charge < -0.3 is 0 Å². The van der Waals surface area contributed by atoms with Gasteiger partial charge in [0.05, 0.1) is 17.1 Å². The van der Waals surface area contributed by atoms with Crippen molar-refractivity contribution in [2.75, 3.05) is 0 Å². The molecule has 13 aromatic carbocycles. The van der Waals surface area contributed by atoms with E-state index in [1.165, 1.54) is 82.9 Å². The van der Waals surface area contributed by atoms with Gasteiger partial charge in [-0.2, -0.15) is 0 Å². The quantitative estimate of drug-likeness (QED) is 0.121. The molecular weight excluding hydrogens is 1260 g/mol. The Morgan fingerprint density at radius 3 is 1.40 bits per heavy atom. The molecule has 2 aliphatic rings. The summed E-state index contributed by atoms with van der Waals surface area (Å²) >= 11 is 0. The van der Waals surface area contributed by atoms with E-state index in [1.807, 2.05) is 43.0 Å². The molecule has 2 unspecified atom stereocenters. The van der Waals surface area contributed by atoms with Crippen LogP contribution in [0.15, 0.2) is 389 Å². The van der Waals surface area contributed by atoms with Crippen molar-refractivity contribution in [1.82, 2.24) is 29.9 Å². The SMILES string of the molecule is C1=CC2c3ccccc3-c3ccc(-c4ccc(-c5nc(-c6ccc(-c7ccccc7)cc6)cc(-c6cccc(-c7cncc8ccccc78)c6)n5)cc4)cc3C2C=C1.c1ccc(-c2ccc(-c3cnc(-c4ccc(-c5cccc6ccccc56)cc4)nc3-c3cccc(-c4cccnc4)c3)cc2)cc1. The number of aromatic nitrogens is 6. The maximum Gasteiger partial charge on any atom is 0.160 e. The Hall–Kier alpha value is -13.7. The van der Waals surface area contributed by atoms with Crippen LogP contribution in [0, 0.1) is 0 Å². The average Bonchev–Trinajstić information content (AvgIpc) is 0.747. The highest BCUT2D eigenvalue weighted by molar-refractivity contribution is 5.98. The second-order valence-corrected chi connectivity index (χ2v) is 26.5. The molecule has 4 aromatic heterocycles. The zero-order valence-corrected chi connectivity index (χ0v) is 56.8. The van der Waals surface area contributed by atoms with Gasteiger partial charge in [-0.3, -0.25) is 9.97 Å². The summed E-state index contributed by atoms with van der Waals surface area (Å²) in [6, 6.07) is 118. The summed E-state index contributed by atoms with van der Waals surface area (Å²) in [5.74, 6) is 2.05. The highest BCUT2D eigenvalue weighted by atomic mass is 14.9. The number of fused-ring (bicyclic) bond motifs is 8. The Labute approximate surface area is 605 Å². The first kappa shape index (κ1) is 62.6. The molecule has 6 heteroatoms. The largest absolute Gasteiger partial charge is 0.264 e. The first-order valence-corrected chi connectivity index (χ1v) is 35.3. The van der Waals surface area contributed by atoms with Gasteiger partial charge in [0.15, 0.2) is 11.6 Å². The van der Waals surface area contributed by atoms with E-state index in [-0.39, 0.29) is 0 Å². The van der Waals surface area contributed by atoms with E-state index in [0.717, 1.165) is 83.7 Å². The zero-order chi connectivity index (χ0) is 69.1. The van der Waals surface area contributed by atoms with Crippen molar-refractivity contribution in [3.63, 3.8) is 0 Å².